The summed E-state index contributed by atoms with van der Waals surface area (Å²) in [5, 5.41) is 0. The first-order valence-electron chi connectivity index (χ1n) is 7.11. The van der Waals surface area contributed by atoms with Crippen LogP contribution in [0.15, 0.2) is 42.6 Å². The summed E-state index contributed by atoms with van der Waals surface area (Å²) in [7, 11) is 0. The molecule has 1 aliphatic carbocycles. The number of halogens is 1. The number of benzene rings is 1. The third kappa shape index (κ3) is 3.27. The molecule has 0 unspecified atom stereocenters. The van der Waals surface area contributed by atoms with Gasteiger partial charge >= 0.3 is 0 Å². The van der Waals surface area contributed by atoms with Crippen molar-refractivity contribution in [2.75, 3.05) is 0 Å². The van der Waals surface area contributed by atoms with Crippen LogP contribution in [0.2, 0.25) is 0 Å². The molecule has 1 amide bonds. The van der Waals surface area contributed by atoms with Crippen LogP contribution in [0.3, 0.4) is 0 Å². The van der Waals surface area contributed by atoms with Gasteiger partial charge in [-0.15, -0.1) is 0 Å². The highest BCUT2D eigenvalue weighted by Crippen LogP contribution is 2.29. The summed E-state index contributed by atoms with van der Waals surface area (Å²) in [6, 6.07) is 11.2. The first-order chi connectivity index (χ1) is 10.1. The van der Waals surface area contributed by atoms with E-state index in [2.05, 4.69) is 11.1 Å². The van der Waals surface area contributed by atoms with Crippen LogP contribution < -0.4 is 0 Å². The number of hydrogen-bond acceptors (Lipinski definition) is 2. The standard InChI is InChI=1S/C17H17FN2O/c1-12-3-2-4-13(9-12)11-20(15-6-7-15)17(21)14-5-8-16(18)19-10-14/h2-5,8-10,15H,6-7,11H2,1H3. The fraction of sp³-hybridized carbons (Fsp3) is 0.294. The molecular formula is C17H17FN2O. The van der Waals surface area contributed by atoms with Crippen molar-refractivity contribution in [1.82, 2.24) is 9.88 Å². The zero-order valence-electron chi connectivity index (χ0n) is 11.9. The summed E-state index contributed by atoms with van der Waals surface area (Å²) >= 11 is 0. The second kappa shape index (κ2) is 5.64. The van der Waals surface area contributed by atoms with E-state index in [4.69, 9.17) is 0 Å². The molecule has 1 aliphatic rings. The average molecular weight is 284 g/mol. The van der Waals surface area contributed by atoms with E-state index in [9.17, 15) is 9.18 Å². The molecule has 2 aromatic rings. The predicted molar refractivity (Wildman–Crippen MR) is 78.3 cm³/mol. The van der Waals surface area contributed by atoms with E-state index in [1.807, 2.05) is 30.0 Å². The Bertz CT molecular complexity index is 650. The van der Waals surface area contributed by atoms with Gasteiger partial charge in [0.05, 0.1) is 5.56 Å². The van der Waals surface area contributed by atoms with E-state index in [-0.39, 0.29) is 5.91 Å². The molecule has 3 nitrogen and oxygen atoms in total. The molecule has 1 aromatic carbocycles. The van der Waals surface area contributed by atoms with Crippen molar-refractivity contribution in [1.29, 1.82) is 0 Å². The zero-order valence-corrected chi connectivity index (χ0v) is 11.9. The van der Waals surface area contributed by atoms with E-state index < -0.39 is 5.95 Å². The molecule has 21 heavy (non-hydrogen) atoms. The number of aromatic nitrogens is 1. The molecule has 0 radical (unpaired) electrons. The van der Waals surface area contributed by atoms with Gasteiger partial charge < -0.3 is 4.90 Å². The first kappa shape index (κ1) is 13.7. The van der Waals surface area contributed by atoms with Crippen LogP contribution in [0.25, 0.3) is 0 Å². The predicted octanol–water partition coefficient (Wildman–Crippen LogP) is 3.33. The summed E-state index contributed by atoms with van der Waals surface area (Å²) in [6.45, 7) is 2.62. The molecule has 0 bridgehead atoms. The van der Waals surface area contributed by atoms with E-state index in [0.717, 1.165) is 18.4 Å². The van der Waals surface area contributed by atoms with Crippen molar-refractivity contribution >= 4 is 5.91 Å². The Hall–Kier alpha value is -2.23. The van der Waals surface area contributed by atoms with Crippen molar-refractivity contribution in [3.05, 3.63) is 65.2 Å². The molecule has 0 spiro atoms. The largest absolute Gasteiger partial charge is 0.331 e. The number of aryl methyl sites for hydroxylation is 1. The number of amides is 1. The number of hydrogen-bond donors (Lipinski definition) is 0. The molecule has 108 valence electrons. The average Bonchev–Trinajstić information content (AvgIpc) is 3.29. The minimum absolute atomic E-state index is 0.0773. The Morgan fingerprint density at radius 2 is 2.14 bits per heavy atom. The lowest BCUT2D eigenvalue weighted by atomic mass is 10.1. The lowest BCUT2D eigenvalue weighted by Crippen LogP contribution is -2.32. The molecule has 1 saturated carbocycles. The summed E-state index contributed by atoms with van der Waals surface area (Å²) in [4.78, 5) is 18.0. The Labute approximate surface area is 123 Å². The summed E-state index contributed by atoms with van der Waals surface area (Å²) in [5.41, 5.74) is 2.74. The Kier molecular flexibility index (Phi) is 3.69. The summed E-state index contributed by atoms with van der Waals surface area (Å²) in [6.07, 6.45) is 3.38. The topological polar surface area (TPSA) is 33.2 Å². The second-order valence-corrected chi connectivity index (χ2v) is 5.52. The smallest absolute Gasteiger partial charge is 0.255 e. The number of rotatable bonds is 4. The summed E-state index contributed by atoms with van der Waals surface area (Å²) in [5.74, 6) is -0.644. The quantitative estimate of drug-likeness (QED) is 0.807. The van der Waals surface area contributed by atoms with Crippen molar-refractivity contribution in [3.8, 4) is 0 Å². The number of carbonyl (C=O) groups is 1. The minimum Gasteiger partial charge on any atom is -0.331 e. The first-order valence-corrected chi connectivity index (χ1v) is 7.11. The van der Waals surface area contributed by atoms with Gasteiger partial charge in [0.1, 0.15) is 0 Å². The highest BCUT2D eigenvalue weighted by atomic mass is 19.1. The minimum atomic E-state index is -0.566. The van der Waals surface area contributed by atoms with Crippen LogP contribution in [-0.4, -0.2) is 21.8 Å². The third-order valence-electron chi connectivity index (χ3n) is 3.66. The number of pyridine rings is 1. The van der Waals surface area contributed by atoms with E-state index in [0.29, 0.717) is 18.2 Å². The molecule has 0 aliphatic heterocycles. The highest BCUT2D eigenvalue weighted by molar-refractivity contribution is 5.94. The molecule has 0 saturated heterocycles. The summed E-state index contributed by atoms with van der Waals surface area (Å²) < 4.78 is 12.9. The highest BCUT2D eigenvalue weighted by Gasteiger charge is 2.33. The molecular weight excluding hydrogens is 267 g/mol. The van der Waals surface area contributed by atoms with Gasteiger partial charge in [0.25, 0.3) is 5.91 Å². The molecule has 1 heterocycles. The van der Waals surface area contributed by atoms with Gasteiger partial charge in [-0.25, -0.2) is 4.98 Å². The van der Waals surface area contributed by atoms with Crippen molar-refractivity contribution < 1.29 is 9.18 Å². The van der Waals surface area contributed by atoms with Crippen LogP contribution in [0.4, 0.5) is 4.39 Å². The van der Waals surface area contributed by atoms with E-state index >= 15 is 0 Å². The van der Waals surface area contributed by atoms with E-state index in [1.54, 1.807) is 0 Å². The van der Waals surface area contributed by atoms with Crippen LogP contribution >= 0.6 is 0 Å². The molecule has 4 heteroatoms. The van der Waals surface area contributed by atoms with Crippen LogP contribution in [-0.2, 0) is 6.54 Å². The van der Waals surface area contributed by atoms with Crippen LogP contribution in [0.5, 0.6) is 0 Å². The SMILES string of the molecule is Cc1cccc(CN(C(=O)c2ccc(F)nc2)C2CC2)c1. The molecule has 1 aromatic heterocycles. The van der Waals surface area contributed by atoms with Gasteiger partial charge in [-0.2, -0.15) is 4.39 Å². The molecule has 0 atom stereocenters. The van der Waals surface area contributed by atoms with Gasteiger partial charge in [0.15, 0.2) is 0 Å². The maximum absolute atomic E-state index is 12.9. The number of carbonyl (C=O) groups excluding carboxylic acids is 1. The number of nitrogens with zero attached hydrogens (tertiary/aromatic N) is 2. The zero-order chi connectivity index (χ0) is 14.8. The maximum Gasteiger partial charge on any atom is 0.255 e. The van der Waals surface area contributed by atoms with E-state index in [1.165, 1.54) is 23.9 Å². The van der Waals surface area contributed by atoms with Gasteiger partial charge in [-0.1, -0.05) is 29.8 Å². The van der Waals surface area contributed by atoms with Gasteiger partial charge in [0, 0.05) is 18.8 Å². The van der Waals surface area contributed by atoms with Gasteiger partial charge in [-0.3, -0.25) is 4.79 Å². The van der Waals surface area contributed by atoms with Crippen molar-refractivity contribution in [3.63, 3.8) is 0 Å². The second-order valence-electron chi connectivity index (χ2n) is 5.52. The van der Waals surface area contributed by atoms with Crippen LogP contribution in [0.1, 0.15) is 34.3 Å². The van der Waals surface area contributed by atoms with Crippen molar-refractivity contribution in [2.45, 2.75) is 32.4 Å². The fourth-order valence-corrected chi connectivity index (χ4v) is 2.43. The Balaban J connectivity index is 1.81. The Morgan fingerprint density at radius 3 is 2.76 bits per heavy atom. The lowest BCUT2D eigenvalue weighted by molar-refractivity contribution is 0.0729. The molecule has 3 rings (SSSR count). The third-order valence-corrected chi connectivity index (χ3v) is 3.66. The monoisotopic (exact) mass is 284 g/mol. The Morgan fingerprint density at radius 1 is 1.33 bits per heavy atom. The normalized spacial score (nSPS) is 14.0. The fourth-order valence-electron chi connectivity index (χ4n) is 2.43. The molecule has 1 fully saturated rings. The van der Waals surface area contributed by atoms with Gasteiger partial charge in [0.2, 0.25) is 5.95 Å². The van der Waals surface area contributed by atoms with Crippen molar-refractivity contribution in [2.24, 2.45) is 0 Å². The van der Waals surface area contributed by atoms with Crippen LogP contribution in [0, 0.1) is 12.9 Å². The lowest BCUT2D eigenvalue weighted by Gasteiger charge is -2.22. The van der Waals surface area contributed by atoms with Gasteiger partial charge in [-0.05, 0) is 37.5 Å². The molecule has 0 N–H and O–H groups in total. The maximum atomic E-state index is 12.9.